The van der Waals surface area contributed by atoms with Crippen LogP contribution in [0.3, 0.4) is 0 Å². The lowest BCUT2D eigenvalue weighted by Crippen LogP contribution is -2.47. The van der Waals surface area contributed by atoms with Crippen LogP contribution in [0.15, 0.2) is 18.2 Å². The van der Waals surface area contributed by atoms with Gasteiger partial charge in [0, 0.05) is 12.2 Å². The van der Waals surface area contributed by atoms with Gasteiger partial charge in [-0.3, -0.25) is 9.59 Å². The summed E-state index contributed by atoms with van der Waals surface area (Å²) in [5.41, 5.74) is 1.08. The molecule has 0 spiro atoms. The van der Waals surface area contributed by atoms with Crippen molar-refractivity contribution >= 4 is 20.1 Å². The van der Waals surface area contributed by atoms with Crippen molar-refractivity contribution in [2.75, 3.05) is 6.61 Å². The second kappa shape index (κ2) is 9.19. The van der Waals surface area contributed by atoms with Crippen molar-refractivity contribution in [2.24, 2.45) is 5.73 Å². The molecule has 0 bridgehead atoms. The largest absolute Gasteiger partial charge is 0.417 e. The normalized spacial score (nSPS) is 14.3. The van der Waals surface area contributed by atoms with Crippen molar-refractivity contribution in [3.63, 3.8) is 0 Å². The Hall–Kier alpha value is -2.08. The van der Waals surface area contributed by atoms with Gasteiger partial charge < -0.3 is 15.5 Å². The Morgan fingerprint density at radius 1 is 1.00 bits per heavy atom. The molecule has 1 aromatic carbocycles. The molecule has 0 aliphatic carbocycles. The zero-order chi connectivity index (χ0) is 24.4. The second-order valence-electron chi connectivity index (χ2n) is 8.62. The average Bonchev–Trinajstić information content (AvgIpc) is 2.57. The van der Waals surface area contributed by atoms with E-state index in [1.807, 2.05) is 33.9 Å². The smallest absolute Gasteiger partial charge is 0.416 e. The number of carbonyl (C=O) groups is 2. The number of carbonyl (C=O) groups excluding carboxylic acids is 2. The van der Waals surface area contributed by atoms with Crippen molar-refractivity contribution in [1.82, 2.24) is 5.32 Å². The summed E-state index contributed by atoms with van der Waals surface area (Å²) in [5.74, 6) is -2.28. The molecule has 0 fully saturated rings. The van der Waals surface area contributed by atoms with Gasteiger partial charge in [0.1, 0.15) is 6.04 Å². The first-order valence-corrected chi connectivity index (χ1v) is 12.2. The molecular formula is C19H26F6N2O3Si. The van der Waals surface area contributed by atoms with Crippen LogP contribution in [0.1, 0.15) is 48.7 Å². The molecule has 1 rings (SSSR count). The molecule has 0 aliphatic heterocycles. The van der Waals surface area contributed by atoms with Crippen LogP contribution >= 0.6 is 0 Å². The van der Waals surface area contributed by atoms with Crippen LogP contribution in [-0.4, -0.2) is 32.8 Å². The molecule has 0 saturated carbocycles. The molecule has 0 radical (unpaired) electrons. The summed E-state index contributed by atoms with van der Waals surface area (Å²) in [4.78, 5) is 24.0. The zero-order valence-electron chi connectivity index (χ0n) is 17.8. The van der Waals surface area contributed by atoms with Gasteiger partial charge in [0.2, 0.25) is 5.91 Å². The molecule has 0 aromatic heterocycles. The molecule has 0 heterocycles. The Balaban J connectivity index is 3.06. The van der Waals surface area contributed by atoms with Crippen molar-refractivity contribution < 1.29 is 40.4 Å². The summed E-state index contributed by atoms with van der Waals surface area (Å²) >= 11 is 0. The number of hydrogen-bond acceptors (Lipinski definition) is 3. The first-order chi connectivity index (χ1) is 13.8. The standard InChI is InChI=1S/C19H26F6N2O3Si/c1-17(2,3)31(4,5)30-7-6-14(15(26)28)27-16(29)11-8-12(18(20,21)22)10-13(9-11)19(23,24)25/h8-10,14H,6-7H2,1-5H3,(H2,26,28)(H,27,29)/t14-/m1/s1. The number of nitrogens with one attached hydrogen (secondary N) is 1. The van der Waals surface area contributed by atoms with E-state index in [0.717, 1.165) is 0 Å². The average molecular weight is 473 g/mol. The molecule has 0 aliphatic rings. The predicted octanol–water partition coefficient (Wildman–Crippen LogP) is 4.72. The summed E-state index contributed by atoms with van der Waals surface area (Å²) in [6.45, 7) is 9.88. The highest BCUT2D eigenvalue weighted by Crippen LogP contribution is 2.37. The SMILES string of the molecule is CC(C)(C)[Si](C)(C)OCC[C@@H](NC(=O)c1cc(C(F)(F)F)cc(C(F)(F)F)c1)C(N)=O. The van der Waals surface area contributed by atoms with Crippen molar-refractivity contribution in [3.8, 4) is 0 Å². The maximum Gasteiger partial charge on any atom is 0.416 e. The van der Waals surface area contributed by atoms with E-state index in [1.54, 1.807) is 0 Å². The highest BCUT2D eigenvalue weighted by molar-refractivity contribution is 6.74. The molecule has 1 atom stereocenters. The maximum atomic E-state index is 13.0. The number of rotatable bonds is 7. The summed E-state index contributed by atoms with van der Waals surface area (Å²) in [5, 5.41) is 1.97. The van der Waals surface area contributed by atoms with Crippen LogP contribution in [-0.2, 0) is 21.6 Å². The molecule has 0 saturated heterocycles. The molecule has 5 nitrogen and oxygen atoms in total. The Morgan fingerprint density at radius 3 is 1.81 bits per heavy atom. The van der Waals surface area contributed by atoms with Crippen LogP contribution in [0.25, 0.3) is 0 Å². The Bertz CT molecular complexity index is 784. The van der Waals surface area contributed by atoms with Gasteiger partial charge in [0.15, 0.2) is 8.32 Å². The highest BCUT2D eigenvalue weighted by Gasteiger charge is 2.39. The van der Waals surface area contributed by atoms with Gasteiger partial charge in [0.25, 0.3) is 5.91 Å². The first kappa shape index (κ1) is 27.0. The van der Waals surface area contributed by atoms with Crippen molar-refractivity contribution in [3.05, 3.63) is 34.9 Å². The van der Waals surface area contributed by atoms with E-state index >= 15 is 0 Å². The minimum Gasteiger partial charge on any atom is -0.417 e. The minimum atomic E-state index is -5.10. The summed E-state index contributed by atoms with van der Waals surface area (Å²) < 4.78 is 83.7. The molecule has 3 N–H and O–H groups in total. The lowest BCUT2D eigenvalue weighted by Gasteiger charge is -2.36. The fraction of sp³-hybridized carbons (Fsp3) is 0.579. The molecule has 1 aromatic rings. The van der Waals surface area contributed by atoms with Crippen molar-refractivity contribution in [1.29, 1.82) is 0 Å². The van der Waals surface area contributed by atoms with E-state index < -0.39 is 55.2 Å². The zero-order valence-corrected chi connectivity index (χ0v) is 18.8. The molecular weight excluding hydrogens is 446 g/mol. The topological polar surface area (TPSA) is 81.4 Å². The maximum absolute atomic E-state index is 13.0. The van der Waals surface area contributed by atoms with Crippen molar-refractivity contribution in [2.45, 2.75) is 63.7 Å². The highest BCUT2D eigenvalue weighted by atomic mass is 28.4. The quantitative estimate of drug-likeness (QED) is 0.445. The summed E-state index contributed by atoms with van der Waals surface area (Å²) in [7, 11) is -2.18. The summed E-state index contributed by atoms with van der Waals surface area (Å²) in [6.07, 6.45) is -10.3. The lowest BCUT2D eigenvalue weighted by atomic mass is 10.0. The van der Waals surface area contributed by atoms with E-state index in [2.05, 4.69) is 5.32 Å². The number of halogens is 6. The monoisotopic (exact) mass is 472 g/mol. The number of nitrogens with two attached hydrogens (primary N) is 1. The van der Waals surface area contributed by atoms with Gasteiger partial charge in [-0.05, 0) is 42.8 Å². The predicted molar refractivity (Wildman–Crippen MR) is 105 cm³/mol. The van der Waals surface area contributed by atoms with Crippen LogP contribution in [0.2, 0.25) is 18.1 Å². The molecule has 12 heteroatoms. The van der Waals surface area contributed by atoms with Gasteiger partial charge >= 0.3 is 12.4 Å². The van der Waals surface area contributed by atoms with Gasteiger partial charge in [-0.25, -0.2) is 0 Å². The second-order valence-corrected chi connectivity index (χ2v) is 13.4. The lowest BCUT2D eigenvalue weighted by molar-refractivity contribution is -0.143. The third-order valence-corrected chi connectivity index (χ3v) is 9.71. The van der Waals surface area contributed by atoms with Crippen LogP contribution < -0.4 is 11.1 Å². The molecule has 176 valence electrons. The molecule has 2 amide bonds. The van der Waals surface area contributed by atoms with Gasteiger partial charge in [-0.15, -0.1) is 0 Å². The Morgan fingerprint density at radius 2 is 1.45 bits per heavy atom. The van der Waals surface area contributed by atoms with Gasteiger partial charge in [-0.1, -0.05) is 20.8 Å². The minimum absolute atomic E-state index is 0.0285. The molecule has 0 unspecified atom stereocenters. The van der Waals surface area contributed by atoms with E-state index in [0.29, 0.717) is 0 Å². The Kier molecular flexibility index (Phi) is 7.99. The van der Waals surface area contributed by atoms with Gasteiger partial charge in [-0.2, -0.15) is 26.3 Å². The fourth-order valence-electron chi connectivity index (χ4n) is 2.26. The number of benzene rings is 1. The van der Waals surface area contributed by atoms with Gasteiger partial charge in [0.05, 0.1) is 11.1 Å². The molecule has 31 heavy (non-hydrogen) atoms. The fourth-order valence-corrected chi connectivity index (χ4v) is 3.32. The number of primary amides is 1. The van der Waals surface area contributed by atoms with E-state index in [4.69, 9.17) is 10.2 Å². The van der Waals surface area contributed by atoms with Crippen LogP contribution in [0.4, 0.5) is 26.3 Å². The third kappa shape index (κ3) is 7.53. The number of hydrogen-bond donors (Lipinski definition) is 2. The number of alkyl halides is 6. The summed E-state index contributed by atoms with van der Waals surface area (Å²) in [6, 6.07) is -0.847. The third-order valence-electron chi connectivity index (χ3n) is 5.17. The number of amides is 2. The van der Waals surface area contributed by atoms with E-state index in [9.17, 15) is 35.9 Å². The van der Waals surface area contributed by atoms with E-state index in [1.165, 1.54) is 0 Å². The van der Waals surface area contributed by atoms with Crippen LogP contribution in [0.5, 0.6) is 0 Å². The Labute approximate surface area is 177 Å². The van der Waals surface area contributed by atoms with E-state index in [-0.39, 0.29) is 36.3 Å². The first-order valence-electron chi connectivity index (χ1n) is 9.29. The van der Waals surface area contributed by atoms with Crippen LogP contribution in [0, 0.1) is 0 Å².